The molecule has 1 aliphatic rings. The summed E-state index contributed by atoms with van der Waals surface area (Å²) in [5.41, 5.74) is 1.84. The van der Waals surface area contributed by atoms with Crippen LogP contribution < -0.4 is 10.9 Å². The highest BCUT2D eigenvalue weighted by atomic mass is 35.5. The molecule has 1 aliphatic carbocycles. The first-order chi connectivity index (χ1) is 14.8. The number of amides is 1. The predicted octanol–water partition coefficient (Wildman–Crippen LogP) is 5.32. The highest BCUT2D eigenvalue weighted by Crippen LogP contribution is 2.29. The van der Waals surface area contributed by atoms with Crippen molar-refractivity contribution in [3.63, 3.8) is 0 Å². The van der Waals surface area contributed by atoms with Crippen molar-refractivity contribution in [2.75, 3.05) is 0 Å². The fraction of sp³-hybridized carbons (Fsp3) is 0.375. The maximum Gasteiger partial charge on any atom is 0.262 e. The summed E-state index contributed by atoms with van der Waals surface area (Å²) in [5, 5.41) is 4.33. The zero-order valence-electron chi connectivity index (χ0n) is 17.7. The molecule has 162 valence electrons. The number of nitrogens with zero attached hydrogens (tertiary/aromatic N) is 1. The summed E-state index contributed by atoms with van der Waals surface area (Å²) in [6, 6.07) is 12.6. The van der Waals surface area contributed by atoms with Gasteiger partial charge in [-0.15, -0.1) is 0 Å². The lowest BCUT2D eigenvalue weighted by Gasteiger charge is -2.34. The molecule has 0 saturated heterocycles. The van der Waals surface area contributed by atoms with E-state index in [2.05, 4.69) is 24.1 Å². The molecular weight excluding hydrogens is 430 g/mol. The molecule has 5 nitrogen and oxygen atoms in total. The number of halogens is 1. The molecule has 0 radical (unpaired) electrons. The van der Waals surface area contributed by atoms with E-state index in [0.717, 1.165) is 18.4 Å². The Morgan fingerprint density at radius 2 is 1.94 bits per heavy atom. The lowest BCUT2D eigenvalue weighted by molar-refractivity contribution is 0.0891. The Morgan fingerprint density at radius 3 is 2.68 bits per heavy atom. The molecular formula is C24H26ClN3O2S. The Bertz CT molecular complexity index is 1230. The summed E-state index contributed by atoms with van der Waals surface area (Å²) in [7, 11) is 0. The number of carbonyl (C=O) groups excluding carboxylic acids is 1. The molecule has 1 aromatic heterocycles. The lowest BCUT2D eigenvalue weighted by atomic mass is 9.78. The van der Waals surface area contributed by atoms with Crippen LogP contribution in [0, 0.1) is 16.6 Å². The smallest absolute Gasteiger partial charge is 0.262 e. The summed E-state index contributed by atoms with van der Waals surface area (Å²) in [5.74, 6) is 0.937. The topological polar surface area (TPSA) is 66.9 Å². The minimum atomic E-state index is -0.185. The number of carbonyl (C=O) groups is 1. The molecule has 1 saturated carbocycles. The van der Waals surface area contributed by atoms with Gasteiger partial charge in [-0.3, -0.25) is 14.2 Å². The number of benzene rings is 2. The van der Waals surface area contributed by atoms with Gasteiger partial charge in [0.25, 0.3) is 11.5 Å². The zero-order valence-corrected chi connectivity index (χ0v) is 19.2. The lowest BCUT2D eigenvalue weighted by Crippen LogP contribution is -2.43. The van der Waals surface area contributed by atoms with E-state index in [1.165, 1.54) is 11.0 Å². The van der Waals surface area contributed by atoms with Crippen LogP contribution in [0.25, 0.3) is 10.9 Å². The zero-order chi connectivity index (χ0) is 22.1. The van der Waals surface area contributed by atoms with Gasteiger partial charge >= 0.3 is 0 Å². The van der Waals surface area contributed by atoms with Crippen LogP contribution in [-0.2, 0) is 6.54 Å². The third kappa shape index (κ3) is 4.60. The molecule has 4 rings (SSSR count). The molecule has 0 unspecified atom stereocenters. The van der Waals surface area contributed by atoms with E-state index < -0.39 is 0 Å². The van der Waals surface area contributed by atoms with Crippen LogP contribution in [0.4, 0.5) is 0 Å². The fourth-order valence-corrected chi connectivity index (χ4v) is 4.73. The van der Waals surface area contributed by atoms with E-state index in [4.69, 9.17) is 23.8 Å². The molecule has 1 heterocycles. The molecule has 3 atom stereocenters. The van der Waals surface area contributed by atoms with Crippen molar-refractivity contribution < 1.29 is 4.79 Å². The largest absolute Gasteiger partial charge is 0.349 e. The highest BCUT2D eigenvalue weighted by Gasteiger charge is 2.28. The molecule has 2 aromatic carbocycles. The van der Waals surface area contributed by atoms with Gasteiger partial charge in [0.2, 0.25) is 0 Å². The van der Waals surface area contributed by atoms with Gasteiger partial charge in [-0.2, -0.15) is 0 Å². The predicted molar refractivity (Wildman–Crippen MR) is 127 cm³/mol. The number of aromatic nitrogens is 2. The van der Waals surface area contributed by atoms with Crippen molar-refractivity contribution in [2.45, 2.75) is 45.7 Å². The van der Waals surface area contributed by atoms with Crippen molar-refractivity contribution in [1.82, 2.24) is 14.9 Å². The maximum atomic E-state index is 13.0. The van der Waals surface area contributed by atoms with Gasteiger partial charge in [0.15, 0.2) is 4.77 Å². The Balaban J connectivity index is 1.61. The second kappa shape index (κ2) is 8.97. The molecule has 2 N–H and O–H groups in total. The van der Waals surface area contributed by atoms with E-state index in [-0.39, 0.29) is 17.5 Å². The summed E-state index contributed by atoms with van der Waals surface area (Å²) in [6.45, 7) is 4.80. The molecule has 0 aliphatic heterocycles. The van der Waals surface area contributed by atoms with Crippen molar-refractivity contribution in [2.24, 2.45) is 11.8 Å². The number of hydrogen-bond donors (Lipinski definition) is 2. The molecule has 7 heteroatoms. The number of fused-ring (bicyclic) bond motifs is 1. The first-order valence-corrected chi connectivity index (χ1v) is 11.4. The van der Waals surface area contributed by atoms with Gasteiger partial charge in [0.1, 0.15) is 0 Å². The third-order valence-corrected chi connectivity index (χ3v) is 7.10. The van der Waals surface area contributed by atoms with E-state index >= 15 is 0 Å². The maximum absolute atomic E-state index is 13.0. The monoisotopic (exact) mass is 455 g/mol. The van der Waals surface area contributed by atoms with Gasteiger partial charge < -0.3 is 10.3 Å². The summed E-state index contributed by atoms with van der Waals surface area (Å²) >= 11 is 11.4. The third-order valence-electron chi connectivity index (χ3n) is 6.52. The van der Waals surface area contributed by atoms with Crippen LogP contribution in [0.2, 0.25) is 5.02 Å². The van der Waals surface area contributed by atoms with Crippen LogP contribution in [0.5, 0.6) is 0 Å². The van der Waals surface area contributed by atoms with Gasteiger partial charge in [-0.05, 0) is 66.4 Å². The molecule has 1 fully saturated rings. The van der Waals surface area contributed by atoms with E-state index in [0.29, 0.717) is 44.6 Å². The summed E-state index contributed by atoms with van der Waals surface area (Å²) < 4.78 is 1.84. The summed E-state index contributed by atoms with van der Waals surface area (Å²) in [4.78, 5) is 29.0. The Labute approximate surface area is 191 Å². The van der Waals surface area contributed by atoms with Crippen molar-refractivity contribution in [3.05, 3.63) is 73.7 Å². The minimum absolute atomic E-state index is 0.113. The standard InChI is InChI=1S/C24H26ClN3O2S/c1-14-4-3-5-20(15(14)2)26-22(29)17-8-11-19-21(12-17)27-24(31)28(23(19)30)13-16-6-9-18(25)10-7-16/h6-12,14-15,20H,3-5,13H2,1-2H3,(H,26,29)(H,27,31)/t14-,15-,20-/m1/s1. The van der Waals surface area contributed by atoms with Crippen LogP contribution in [0.15, 0.2) is 47.3 Å². The fourth-order valence-electron chi connectivity index (χ4n) is 4.35. The van der Waals surface area contributed by atoms with Gasteiger partial charge in [0, 0.05) is 16.6 Å². The Kier molecular flexibility index (Phi) is 6.30. The van der Waals surface area contributed by atoms with Crippen LogP contribution in [0.3, 0.4) is 0 Å². The van der Waals surface area contributed by atoms with Crippen molar-refractivity contribution in [3.8, 4) is 0 Å². The van der Waals surface area contributed by atoms with E-state index in [1.807, 2.05) is 12.1 Å². The van der Waals surface area contributed by atoms with Gasteiger partial charge in [-0.25, -0.2) is 0 Å². The average Bonchev–Trinajstić information content (AvgIpc) is 2.75. The Hall–Kier alpha value is -2.44. The quantitative estimate of drug-likeness (QED) is 0.523. The van der Waals surface area contributed by atoms with Crippen molar-refractivity contribution in [1.29, 1.82) is 0 Å². The minimum Gasteiger partial charge on any atom is -0.349 e. The number of hydrogen-bond acceptors (Lipinski definition) is 3. The van der Waals surface area contributed by atoms with Crippen LogP contribution in [-0.4, -0.2) is 21.5 Å². The number of aromatic amines is 1. The summed E-state index contributed by atoms with van der Waals surface area (Å²) in [6.07, 6.45) is 3.35. The average molecular weight is 456 g/mol. The first-order valence-electron chi connectivity index (χ1n) is 10.7. The molecule has 0 spiro atoms. The molecule has 0 bridgehead atoms. The number of H-pyrrole nitrogens is 1. The SMILES string of the molecule is C[C@@H]1[C@H](C)CCC[C@H]1NC(=O)c1ccc2c(=O)n(Cc3ccc(Cl)cc3)c(=S)[nH]c2c1. The highest BCUT2D eigenvalue weighted by molar-refractivity contribution is 7.71. The Morgan fingerprint density at radius 1 is 1.19 bits per heavy atom. The number of rotatable bonds is 4. The second-order valence-corrected chi connectivity index (χ2v) is 9.38. The van der Waals surface area contributed by atoms with E-state index in [9.17, 15) is 9.59 Å². The van der Waals surface area contributed by atoms with Gasteiger partial charge in [-0.1, -0.05) is 50.4 Å². The molecule has 3 aromatic rings. The first kappa shape index (κ1) is 21.8. The second-order valence-electron chi connectivity index (χ2n) is 8.56. The number of nitrogens with one attached hydrogen (secondary N) is 2. The van der Waals surface area contributed by atoms with E-state index in [1.54, 1.807) is 30.3 Å². The molecule has 31 heavy (non-hydrogen) atoms. The van der Waals surface area contributed by atoms with Crippen molar-refractivity contribution >= 4 is 40.6 Å². The van der Waals surface area contributed by atoms with Gasteiger partial charge in [0.05, 0.1) is 17.4 Å². The molecule has 1 amide bonds. The normalized spacial score (nSPS) is 21.2. The van der Waals surface area contributed by atoms with Crippen LogP contribution in [0.1, 0.15) is 49.0 Å². The van der Waals surface area contributed by atoms with Crippen LogP contribution >= 0.6 is 23.8 Å².